The predicted octanol–water partition coefficient (Wildman–Crippen LogP) is 3.91. The molecule has 4 N–H and O–H groups in total. The highest BCUT2D eigenvalue weighted by molar-refractivity contribution is 5.93. The van der Waals surface area contributed by atoms with Gasteiger partial charge in [-0.25, -0.2) is 0 Å². The molecule has 2 atom stereocenters. The second kappa shape index (κ2) is 15.4. The molecule has 0 radical (unpaired) electrons. The Labute approximate surface area is 231 Å². The van der Waals surface area contributed by atoms with Gasteiger partial charge in [0.25, 0.3) is 0 Å². The zero-order chi connectivity index (χ0) is 28.0. The first-order valence-corrected chi connectivity index (χ1v) is 13.6. The summed E-state index contributed by atoms with van der Waals surface area (Å²) >= 11 is 0. The van der Waals surface area contributed by atoms with Crippen LogP contribution in [0.5, 0.6) is 5.75 Å². The van der Waals surface area contributed by atoms with Gasteiger partial charge in [-0.05, 0) is 54.2 Å². The van der Waals surface area contributed by atoms with Gasteiger partial charge < -0.3 is 21.1 Å². The minimum atomic E-state index is -0.815. The Morgan fingerprint density at radius 2 is 1.33 bits per heavy atom. The molecule has 0 aliphatic rings. The maximum Gasteiger partial charge on any atom is 0.243 e. The number of carbonyl (C=O) groups excluding carboxylic acids is 3. The molecular weight excluding hydrogens is 490 g/mol. The highest BCUT2D eigenvalue weighted by Gasteiger charge is 2.27. The molecule has 0 aromatic heterocycles. The van der Waals surface area contributed by atoms with Gasteiger partial charge >= 0.3 is 0 Å². The van der Waals surface area contributed by atoms with Gasteiger partial charge in [0.15, 0.2) is 5.78 Å². The van der Waals surface area contributed by atoms with Crippen LogP contribution in [0.1, 0.15) is 48.9 Å². The molecule has 3 aromatic rings. The van der Waals surface area contributed by atoms with E-state index in [4.69, 9.17) is 10.5 Å². The van der Waals surface area contributed by atoms with Crippen molar-refractivity contribution in [2.24, 2.45) is 5.73 Å². The highest BCUT2D eigenvalue weighted by atomic mass is 16.5. The van der Waals surface area contributed by atoms with Gasteiger partial charge in [0.2, 0.25) is 11.8 Å². The largest absolute Gasteiger partial charge is 0.494 e. The van der Waals surface area contributed by atoms with Crippen molar-refractivity contribution >= 4 is 17.6 Å². The number of hydrogen-bond acceptors (Lipinski definition) is 5. The van der Waals surface area contributed by atoms with E-state index < -0.39 is 12.1 Å². The lowest BCUT2D eigenvalue weighted by atomic mass is 9.96. The number of nitrogens with one attached hydrogen (secondary N) is 2. The van der Waals surface area contributed by atoms with Gasteiger partial charge in [-0.2, -0.15) is 0 Å². The fourth-order valence-corrected chi connectivity index (χ4v) is 4.28. The van der Waals surface area contributed by atoms with Crippen molar-refractivity contribution < 1.29 is 19.1 Å². The number of aryl methyl sites for hydroxylation is 1. The second-order valence-corrected chi connectivity index (χ2v) is 9.49. The average molecular weight is 530 g/mol. The van der Waals surface area contributed by atoms with Gasteiger partial charge in [-0.1, -0.05) is 73.7 Å². The van der Waals surface area contributed by atoms with E-state index in [-0.39, 0.29) is 30.4 Å². The van der Waals surface area contributed by atoms with Crippen LogP contribution in [-0.2, 0) is 40.2 Å². The lowest BCUT2D eigenvalue weighted by Crippen LogP contribution is -2.53. The van der Waals surface area contributed by atoms with E-state index in [9.17, 15) is 14.4 Å². The van der Waals surface area contributed by atoms with Crippen LogP contribution in [0.3, 0.4) is 0 Å². The number of benzene rings is 3. The van der Waals surface area contributed by atoms with Crippen LogP contribution in [0.4, 0.5) is 0 Å². The molecule has 39 heavy (non-hydrogen) atoms. The Balaban J connectivity index is 1.75. The monoisotopic (exact) mass is 529 g/mol. The second-order valence-electron chi connectivity index (χ2n) is 9.49. The zero-order valence-corrected chi connectivity index (χ0v) is 22.8. The van der Waals surface area contributed by atoms with Gasteiger partial charge in [0.05, 0.1) is 12.6 Å². The number of rotatable bonds is 15. The van der Waals surface area contributed by atoms with Gasteiger partial charge in [0, 0.05) is 25.8 Å². The number of carbonyl (C=O) groups is 3. The number of Topliss-reactive ketones (excluding diaryl/α,β-unsaturated/α-hetero) is 1. The van der Waals surface area contributed by atoms with E-state index >= 15 is 0 Å². The standard InChI is InChI=1S/C32H39N3O4/c1-3-31(37)34-29(21-25-14-17-27(18-15-25)39-4-2)32(38)35-28(20-24-8-6-5-7-9-24)30(36)19-16-23-10-12-26(22-33)13-11-23/h5-15,17-18,28-29H,3-4,16,19-22,33H2,1-2H3,(H,34,37)(H,35,38)/t28-,29+/m0/s1. The Hall–Kier alpha value is -3.97. The topological polar surface area (TPSA) is 111 Å². The lowest BCUT2D eigenvalue weighted by molar-refractivity contribution is -0.131. The number of ether oxygens (including phenoxy) is 1. The van der Waals surface area contributed by atoms with Gasteiger partial charge in [-0.15, -0.1) is 0 Å². The van der Waals surface area contributed by atoms with E-state index in [0.29, 0.717) is 32.4 Å². The summed E-state index contributed by atoms with van der Waals surface area (Å²) in [6, 6.07) is 23.4. The van der Waals surface area contributed by atoms with Crippen molar-refractivity contribution in [1.29, 1.82) is 0 Å². The van der Waals surface area contributed by atoms with E-state index in [2.05, 4.69) is 10.6 Å². The molecule has 0 saturated heterocycles. The summed E-state index contributed by atoms with van der Waals surface area (Å²) < 4.78 is 5.51. The fraction of sp³-hybridized carbons (Fsp3) is 0.344. The van der Waals surface area contributed by atoms with Gasteiger partial charge in [0.1, 0.15) is 11.8 Å². The number of ketones is 1. The van der Waals surface area contributed by atoms with Crippen LogP contribution in [0, 0.1) is 0 Å². The fourth-order valence-electron chi connectivity index (χ4n) is 4.28. The number of amides is 2. The van der Waals surface area contributed by atoms with Crippen molar-refractivity contribution in [3.63, 3.8) is 0 Å². The molecule has 0 saturated carbocycles. The molecule has 0 unspecified atom stereocenters. The van der Waals surface area contributed by atoms with Crippen LogP contribution >= 0.6 is 0 Å². The first-order valence-electron chi connectivity index (χ1n) is 13.6. The Kier molecular flexibility index (Phi) is 11.7. The number of nitrogens with two attached hydrogens (primary N) is 1. The van der Waals surface area contributed by atoms with Crippen molar-refractivity contribution in [3.8, 4) is 5.75 Å². The molecular formula is C32H39N3O4. The zero-order valence-electron chi connectivity index (χ0n) is 22.8. The molecule has 0 spiro atoms. The van der Waals surface area contributed by atoms with Crippen LogP contribution in [0.15, 0.2) is 78.9 Å². The highest BCUT2D eigenvalue weighted by Crippen LogP contribution is 2.15. The molecule has 3 aromatic carbocycles. The molecule has 0 fully saturated rings. The van der Waals surface area contributed by atoms with Crippen LogP contribution < -0.4 is 21.1 Å². The van der Waals surface area contributed by atoms with Crippen LogP contribution in [0.25, 0.3) is 0 Å². The third-order valence-corrected chi connectivity index (χ3v) is 6.55. The van der Waals surface area contributed by atoms with Crippen LogP contribution in [-0.4, -0.2) is 36.3 Å². The molecule has 0 aliphatic carbocycles. The minimum absolute atomic E-state index is 0.0586. The Bertz CT molecular complexity index is 1190. The Morgan fingerprint density at radius 1 is 0.744 bits per heavy atom. The Morgan fingerprint density at radius 3 is 1.95 bits per heavy atom. The van der Waals surface area contributed by atoms with Gasteiger partial charge in [-0.3, -0.25) is 14.4 Å². The summed E-state index contributed by atoms with van der Waals surface area (Å²) in [5, 5.41) is 5.78. The summed E-state index contributed by atoms with van der Waals surface area (Å²) in [5.41, 5.74) is 9.58. The molecule has 206 valence electrons. The molecule has 2 amide bonds. The maximum absolute atomic E-state index is 13.5. The summed E-state index contributed by atoms with van der Waals surface area (Å²) in [7, 11) is 0. The third-order valence-electron chi connectivity index (χ3n) is 6.55. The molecule has 3 rings (SSSR count). The van der Waals surface area contributed by atoms with E-state index in [1.807, 2.05) is 85.8 Å². The molecule has 7 nitrogen and oxygen atoms in total. The summed E-state index contributed by atoms with van der Waals surface area (Å²) in [6.07, 6.45) is 1.76. The van der Waals surface area contributed by atoms with Crippen molar-refractivity contribution in [1.82, 2.24) is 10.6 Å². The quantitative estimate of drug-likeness (QED) is 0.277. The summed E-state index contributed by atoms with van der Waals surface area (Å²) in [5.74, 6) is 0.0722. The first kappa shape index (κ1) is 29.6. The molecule has 0 aliphatic heterocycles. The van der Waals surface area contributed by atoms with Crippen molar-refractivity contribution in [2.75, 3.05) is 6.61 Å². The third kappa shape index (κ3) is 9.69. The molecule has 0 bridgehead atoms. The van der Waals surface area contributed by atoms with E-state index in [1.54, 1.807) is 6.92 Å². The average Bonchev–Trinajstić information content (AvgIpc) is 2.97. The first-order chi connectivity index (χ1) is 18.9. The van der Waals surface area contributed by atoms with Crippen LogP contribution in [0.2, 0.25) is 0 Å². The molecule has 0 heterocycles. The van der Waals surface area contributed by atoms with E-state index in [1.165, 1.54) is 0 Å². The van der Waals surface area contributed by atoms with Crippen molar-refractivity contribution in [2.45, 2.75) is 64.6 Å². The summed E-state index contributed by atoms with van der Waals surface area (Å²) in [4.78, 5) is 39.2. The molecule has 7 heteroatoms. The summed E-state index contributed by atoms with van der Waals surface area (Å²) in [6.45, 7) is 4.69. The predicted molar refractivity (Wildman–Crippen MR) is 153 cm³/mol. The smallest absolute Gasteiger partial charge is 0.243 e. The minimum Gasteiger partial charge on any atom is -0.494 e. The number of hydrogen-bond donors (Lipinski definition) is 3. The normalized spacial score (nSPS) is 12.3. The lowest BCUT2D eigenvalue weighted by Gasteiger charge is -2.23. The SMILES string of the molecule is CCOc1ccc(C[C@@H](NC(=O)CC)C(=O)N[C@@H](Cc2ccccc2)C(=O)CCc2ccc(CN)cc2)cc1. The van der Waals surface area contributed by atoms with E-state index in [0.717, 1.165) is 28.0 Å². The maximum atomic E-state index is 13.5. The van der Waals surface area contributed by atoms with Crippen molar-refractivity contribution in [3.05, 3.63) is 101 Å².